The van der Waals surface area contributed by atoms with Crippen LogP contribution in [0.5, 0.6) is 5.75 Å². The van der Waals surface area contributed by atoms with E-state index in [-0.39, 0.29) is 24.5 Å². The standard InChI is InChI=1S/C26H29F2NO5/c1-26(2,3)34-25(32)29-13-12-20(21(16-29)24(30)31)18-8-6-17(7-9-18)5-4-14-33-23-15-19(27)10-11-22(23)28/h6-11,15H,4-5,12-14,16H2,1-3H3,(H,30,31). The van der Waals surface area contributed by atoms with Crippen molar-refractivity contribution in [2.45, 2.75) is 45.6 Å². The summed E-state index contributed by atoms with van der Waals surface area (Å²) in [5, 5.41) is 9.73. The van der Waals surface area contributed by atoms with E-state index in [0.717, 1.165) is 29.3 Å². The molecule has 0 bridgehead atoms. The SMILES string of the molecule is CC(C)(C)OC(=O)N1CCC(c2ccc(CCCOc3cc(F)ccc3F)cc2)=C(C(=O)O)C1. The molecule has 8 heteroatoms. The third-order valence-corrected chi connectivity index (χ3v) is 5.32. The van der Waals surface area contributed by atoms with Crippen LogP contribution in [0.2, 0.25) is 0 Å². The van der Waals surface area contributed by atoms with Gasteiger partial charge in [0.15, 0.2) is 11.6 Å². The molecule has 2 aromatic rings. The van der Waals surface area contributed by atoms with Crippen LogP contribution in [0.25, 0.3) is 5.57 Å². The minimum Gasteiger partial charge on any atom is -0.490 e. The molecular weight excluding hydrogens is 444 g/mol. The highest BCUT2D eigenvalue weighted by atomic mass is 19.1. The number of nitrogens with zero attached hydrogens (tertiary/aromatic N) is 1. The van der Waals surface area contributed by atoms with Crippen molar-refractivity contribution in [1.29, 1.82) is 0 Å². The van der Waals surface area contributed by atoms with Gasteiger partial charge in [-0.25, -0.2) is 18.4 Å². The van der Waals surface area contributed by atoms with Crippen molar-refractivity contribution < 1.29 is 33.0 Å². The van der Waals surface area contributed by atoms with E-state index in [4.69, 9.17) is 9.47 Å². The summed E-state index contributed by atoms with van der Waals surface area (Å²) < 4.78 is 37.5. The second kappa shape index (κ2) is 10.7. The molecule has 34 heavy (non-hydrogen) atoms. The minimum atomic E-state index is -1.06. The molecule has 1 N–H and O–H groups in total. The number of amides is 1. The molecule has 0 aliphatic carbocycles. The van der Waals surface area contributed by atoms with Crippen molar-refractivity contribution in [3.8, 4) is 5.75 Å². The third-order valence-electron chi connectivity index (χ3n) is 5.32. The van der Waals surface area contributed by atoms with Crippen LogP contribution in [0.4, 0.5) is 13.6 Å². The first-order chi connectivity index (χ1) is 16.0. The van der Waals surface area contributed by atoms with Gasteiger partial charge in [0, 0.05) is 12.6 Å². The van der Waals surface area contributed by atoms with Crippen LogP contribution in [0.1, 0.15) is 44.7 Å². The number of halogens is 2. The normalized spacial score (nSPS) is 14.2. The molecule has 0 unspecified atom stereocenters. The lowest BCUT2D eigenvalue weighted by Gasteiger charge is -2.31. The van der Waals surface area contributed by atoms with Gasteiger partial charge in [0.05, 0.1) is 18.7 Å². The average Bonchev–Trinajstić information content (AvgIpc) is 2.77. The molecule has 1 amide bonds. The maximum Gasteiger partial charge on any atom is 0.410 e. The number of carboxylic acid groups (broad SMARTS) is 1. The monoisotopic (exact) mass is 473 g/mol. The zero-order valence-corrected chi connectivity index (χ0v) is 19.6. The third kappa shape index (κ3) is 6.79. The lowest BCUT2D eigenvalue weighted by Crippen LogP contribution is -2.41. The minimum absolute atomic E-state index is 0.0185. The summed E-state index contributed by atoms with van der Waals surface area (Å²) in [5.41, 5.74) is 2.02. The fourth-order valence-corrected chi connectivity index (χ4v) is 3.68. The molecule has 2 aromatic carbocycles. The van der Waals surface area contributed by atoms with Crippen LogP contribution in [0.3, 0.4) is 0 Å². The number of carbonyl (C=O) groups is 2. The number of aryl methyl sites for hydroxylation is 1. The first-order valence-corrected chi connectivity index (χ1v) is 11.1. The van der Waals surface area contributed by atoms with E-state index in [2.05, 4.69) is 0 Å². The van der Waals surface area contributed by atoms with Crippen molar-refractivity contribution in [3.05, 3.63) is 70.8 Å². The fourth-order valence-electron chi connectivity index (χ4n) is 3.68. The summed E-state index contributed by atoms with van der Waals surface area (Å²) in [6, 6.07) is 10.6. The summed E-state index contributed by atoms with van der Waals surface area (Å²) in [6.45, 7) is 5.88. The van der Waals surface area contributed by atoms with E-state index in [1.165, 1.54) is 4.90 Å². The van der Waals surface area contributed by atoms with Gasteiger partial charge in [-0.15, -0.1) is 0 Å². The Morgan fingerprint density at radius 1 is 1.09 bits per heavy atom. The van der Waals surface area contributed by atoms with E-state index in [0.29, 0.717) is 31.4 Å². The Morgan fingerprint density at radius 3 is 2.44 bits per heavy atom. The molecule has 0 saturated carbocycles. The maximum absolute atomic E-state index is 13.6. The predicted octanol–water partition coefficient (Wildman–Crippen LogP) is 5.46. The Kier molecular flexibility index (Phi) is 7.91. The van der Waals surface area contributed by atoms with E-state index >= 15 is 0 Å². The molecule has 0 fully saturated rings. The van der Waals surface area contributed by atoms with E-state index in [9.17, 15) is 23.5 Å². The molecule has 0 aromatic heterocycles. The Hall–Kier alpha value is -3.42. The number of carboxylic acids is 1. The highest BCUT2D eigenvalue weighted by molar-refractivity contribution is 5.98. The van der Waals surface area contributed by atoms with E-state index in [1.54, 1.807) is 20.8 Å². The van der Waals surface area contributed by atoms with E-state index in [1.807, 2.05) is 24.3 Å². The zero-order valence-electron chi connectivity index (χ0n) is 19.6. The summed E-state index contributed by atoms with van der Waals surface area (Å²) in [7, 11) is 0. The van der Waals surface area contributed by atoms with Gasteiger partial charge in [-0.2, -0.15) is 0 Å². The summed E-state index contributed by atoms with van der Waals surface area (Å²) in [5.74, 6) is -2.33. The van der Waals surface area contributed by atoms with Gasteiger partial charge in [0.1, 0.15) is 11.4 Å². The van der Waals surface area contributed by atoms with Crippen molar-refractivity contribution in [2.24, 2.45) is 0 Å². The molecule has 1 aliphatic rings. The van der Waals surface area contributed by atoms with Crippen LogP contribution < -0.4 is 4.74 Å². The molecular formula is C26H29F2NO5. The number of hydrogen-bond acceptors (Lipinski definition) is 4. The molecule has 0 radical (unpaired) electrons. The lowest BCUT2D eigenvalue weighted by molar-refractivity contribution is -0.132. The van der Waals surface area contributed by atoms with Crippen molar-refractivity contribution in [3.63, 3.8) is 0 Å². The summed E-state index contributed by atoms with van der Waals surface area (Å²) >= 11 is 0. The highest BCUT2D eigenvalue weighted by Gasteiger charge is 2.30. The molecule has 1 aliphatic heterocycles. The van der Waals surface area contributed by atoms with Gasteiger partial charge >= 0.3 is 12.1 Å². The Morgan fingerprint density at radius 2 is 1.79 bits per heavy atom. The Labute approximate surface area is 197 Å². The molecule has 0 atom stereocenters. The van der Waals surface area contributed by atoms with E-state index < -0.39 is 29.3 Å². The van der Waals surface area contributed by atoms with Crippen LogP contribution in [-0.4, -0.2) is 47.4 Å². The fraction of sp³-hybridized carbons (Fsp3) is 0.385. The molecule has 1 heterocycles. The Bertz CT molecular complexity index is 1070. The van der Waals surface area contributed by atoms with Gasteiger partial charge < -0.3 is 19.5 Å². The topological polar surface area (TPSA) is 76.1 Å². The van der Waals surface area contributed by atoms with Crippen LogP contribution in [-0.2, 0) is 16.0 Å². The number of aliphatic carboxylic acids is 1. The maximum atomic E-state index is 13.6. The lowest BCUT2D eigenvalue weighted by atomic mass is 9.92. The van der Waals surface area contributed by atoms with Crippen molar-refractivity contribution >= 4 is 17.6 Å². The summed E-state index contributed by atoms with van der Waals surface area (Å²) in [4.78, 5) is 25.7. The second-order valence-electron chi connectivity index (χ2n) is 9.14. The van der Waals surface area contributed by atoms with Crippen LogP contribution in [0, 0.1) is 11.6 Å². The van der Waals surface area contributed by atoms with Crippen LogP contribution >= 0.6 is 0 Å². The molecule has 3 rings (SSSR count). The molecule has 0 saturated heterocycles. The smallest absolute Gasteiger partial charge is 0.410 e. The summed E-state index contributed by atoms with van der Waals surface area (Å²) in [6.07, 6.45) is 1.14. The first-order valence-electron chi connectivity index (χ1n) is 11.1. The Balaban J connectivity index is 1.61. The molecule has 0 spiro atoms. The van der Waals surface area contributed by atoms with Crippen molar-refractivity contribution in [2.75, 3.05) is 19.7 Å². The average molecular weight is 474 g/mol. The number of hydrogen-bond donors (Lipinski definition) is 1. The van der Waals surface area contributed by atoms with Gasteiger partial charge in [0.25, 0.3) is 0 Å². The van der Waals surface area contributed by atoms with Gasteiger partial charge in [-0.1, -0.05) is 24.3 Å². The number of carbonyl (C=O) groups excluding carboxylic acids is 1. The van der Waals surface area contributed by atoms with Gasteiger partial charge in [0.2, 0.25) is 0 Å². The first kappa shape index (κ1) is 25.2. The highest BCUT2D eigenvalue weighted by Crippen LogP contribution is 2.29. The second-order valence-corrected chi connectivity index (χ2v) is 9.14. The largest absolute Gasteiger partial charge is 0.490 e. The number of rotatable bonds is 7. The number of ether oxygens (including phenoxy) is 2. The van der Waals surface area contributed by atoms with Crippen molar-refractivity contribution in [1.82, 2.24) is 4.90 Å². The number of benzene rings is 2. The quantitative estimate of drug-likeness (QED) is 0.541. The predicted molar refractivity (Wildman–Crippen MR) is 124 cm³/mol. The molecule has 182 valence electrons. The van der Waals surface area contributed by atoms with Gasteiger partial charge in [-0.3, -0.25) is 0 Å². The van der Waals surface area contributed by atoms with Crippen LogP contribution in [0.15, 0.2) is 48.0 Å². The van der Waals surface area contributed by atoms with Gasteiger partial charge in [-0.05, 0) is 68.9 Å². The molecule has 6 nitrogen and oxygen atoms in total. The zero-order chi connectivity index (χ0) is 24.9.